The Balaban J connectivity index is 2.92. The summed E-state index contributed by atoms with van der Waals surface area (Å²) < 4.78 is 74.9. The highest BCUT2D eigenvalue weighted by molar-refractivity contribution is 7.11. The van der Waals surface area contributed by atoms with Crippen molar-refractivity contribution in [2.45, 2.75) is 58.0 Å². The molecule has 0 radical (unpaired) electrons. The fourth-order valence-electron chi connectivity index (χ4n) is 1.44. The van der Waals surface area contributed by atoms with Crippen LogP contribution in [0.15, 0.2) is 0 Å². The topological polar surface area (TPSA) is 24.9 Å². The smallest absolute Gasteiger partial charge is 0.307 e. The zero-order valence-corrected chi connectivity index (χ0v) is 12.6. The molecule has 0 atom stereocenters. The largest absolute Gasteiger partial charge is 0.434 e. The summed E-state index contributed by atoms with van der Waals surface area (Å²) in [4.78, 5) is 3.25. The van der Waals surface area contributed by atoms with Gasteiger partial charge in [-0.3, -0.25) is 0 Å². The van der Waals surface area contributed by atoms with E-state index in [9.17, 15) is 26.3 Å². The van der Waals surface area contributed by atoms with Gasteiger partial charge in [-0.15, -0.1) is 11.3 Å². The van der Waals surface area contributed by atoms with Crippen LogP contribution in [0.25, 0.3) is 0 Å². The summed E-state index contributed by atoms with van der Waals surface area (Å²) in [7, 11) is 0. The highest BCUT2D eigenvalue weighted by Crippen LogP contribution is 2.35. The molecular weight excluding hydrogens is 318 g/mol. The molecule has 1 aromatic heterocycles. The number of alkyl halides is 6. The summed E-state index contributed by atoms with van der Waals surface area (Å²) in [5.74, 6) is 0. The Bertz CT molecular complexity index is 470. The van der Waals surface area contributed by atoms with Crippen LogP contribution in [0.5, 0.6) is 0 Å². The molecule has 0 saturated carbocycles. The van der Waals surface area contributed by atoms with Crippen LogP contribution in [0.2, 0.25) is 0 Å². The van der Waals surface area contributed by atoms with Gasteiger partial charge in [0.2, 0.25) is 0 Å². The van der Waals surface area contributed by atoms with Crippen molar-refractivity contribution in [1.82, 2.24) is 10.3 Å². The van der Waals surface area contributed by atoms with Crippen LogP contribution in [0.1, 0.15) is 42.8 Å². The van der Waals surface area contributed by atoms with E-state index in [0.717, 1.165) is 0 Å². The van der Waals surface area contributed by atoms with Gasteiger partial charge < -0.3 is 5.32 Å². The third-order valence-electron chi connectivity index (χ3n) is 2.41. The Labute approximate surface area is 122 Å². The predicted molar refractivity (Wildman–Crippen MR) is 68.1 cm³/mol. The first-order valence-electron chi connectivity index (χ1n) is 6.15. The quantitative estimate of drug-likeness (QED) is 0.818. The van der Waals surface area contributed by atoms with E-state index in [-0.39, 0.29) is 16.4 Å². The number of hydrogen-bond acceptors (Lipinski definition) is 3. The fraction of sp³-hybridized carbons (Fsp3) is 0.750. The Morgan fingerprint density at radius 3 is 2.05 bits per heavy atom. The lowest BCUT2D eigenvalue weighted by atomic mass is 10.1. The number of thiazole rings is 1. The minimum atomic E-state index is -4.66. The number of nitrogens with one attached hydrogen (secondary N) is 1. The van der Waals surface area contributed by atoms with Crippen LogP contribution >= 0.6 is 11.3 Å². The molecule has 0 aliphatic carbocycles. The maximum atomic E-state index is 12.8. The maximum absolute atomic E-state index is 12.8. The van der Waals surface area contributed by atoms with Gasteiger partial charge in [0.1, 0.15) is 0 Å². The molecule has 0 aliphatic heterocycles. The average Bonchev–Trinajstić information content (AvgIpc) is 2.64. The van der Waals surface area contributed by atoms with E-state index in [4.69, 9.17) is 0 Å². The van der Waals surface area contributed by atoms with Gasteiger partial charge in [-0.1, -0.05) is 0 Å². The molecule has 0 fully saturated rings. The van der Waals surface area contributed by atoms with Crippen LogP contribution in [0.4, 0.5) is 26.3 Å². The first-order valence-corrected chi connectivity index (χ1v) is 6.97. The Kier molecular flexibility index (Phi) is 5.31. The van der Waals surface area contributed by atoms with Gasteiger partial charge in [-0.2, -0.15) is 26.3 Å². The van der Waals surface area contributed by atoms with E-state index in [1.807, 2.05) is 0 Å². The molecule has 1 aromatic rings. The minimum Gasteiger partial charge on any atom is -0.307 e. The van der Waals surface area contributed by atoms with Crippen molar-refractivity contribution in [3.8, 4) is 0 Å². The predicted octanol–water partition coefficient (Wildman–Crippen LogP) is 4.54. The molecule has 2 nitrogen and oxygen atoms in total. The zero-order valence-electron chi connectivity index (χ0n) is 11.7. The molecule has 0 aliphatic rings. The van der Waals surface area contributed by atoms with E-state index in [2.05, 4.69) is 10.3 Å². The highest BCUT2D eigenvalue weighted by Gasteiger charge is 2.38. The molecule has 0 amide bonds. The zero-order chi connectivity index (χ0) is 16.5. The van der Waals surface area contributed by atoms with E-state index in [0.29, 0.717) is 11.3 Å². The molecule has 0 unspecified atom stereocenters. The molecule has 1 N–H and O–H groups in total. The van der Waals surface area contributed by atoms with Crippen molar-refractivity contribution in [2.75, 3.05) is 0 Å². The van der Waals surface area contributed by atoms with Gasteiger partial charge in [0.25, 0.3) is 0 Å². The van der Waals surface area contributed by atoms with Crippen molar-refractivity contribution < 1.29 is 26.3 Å². The number of nitrogens with zero attached hydrogens (tertiary/aromatic N) is 1. The fourth-order valence-corrected chi connectivity index (χ4v) is 2.47. The van der Waals surface area contributed by atoms with Crippen molar-refractivity contribution in [2.24, 2.45) is 0 Å². The van der Waals surface area contributed by atoms with E-state index >= 15 is 0 Å². The summed E-state index contributed by atoms with van der Waals surface area (Å²) in [6, 6.07) is 0. The Hall–Kier alpha value is -0.830. The number of hydrogen-bond donors (Lipinski definition) is 1. The summed E-state index contributed by atoms with van der Waals surface area (Å²) in [6.45, 7) is 5.27. The molecule has 0 spiro atoms. The molecule has 21 heavy (non-hydrogen) atoms. The van der Waals surface area contributed by atoms with Crippen LogP contribution in [0.3, 0.4) is 0 Å². The highest BCUT2D eigenvalue weighted by atomic mass is 32.1. The van der Waals surface area contributed by atoms with E-state index < -0.39 is 36.4 Å². The SMILES string of the molecule is CC(C)(C)NCc1sc(CCC(F)(F)F)nc1C(F)(F)F. The minimum absolute atomic E-state index is 0.0813. The molecular formula is C12H16F6N2S. The van der Waals surface area contributed by atoms with Gasteiger partial charge in [-0.05, 0) is 20.8 Å². The second-order valence-electron chi connectivity index (χ2n) is 5.60. The van der Waals surface area contributed by atoms with Gasteiger partial charge in [0.05, 0.1) is 9.88 Å². The first kappa shape index (κ1) is 18.2. The Morgan fingerprint density at radius 1 is 1.05 bits per heavy atom. The van der Waals surface area contributed by atoms with Gasteiger partial charge in [0, 0.05) is 24.9 Å². The molecule has 0 aromatic carbocycles. The summed E-state index contributed by atoms with van der Waals surface area (Å²) in [6.07, 6.45) is -10.8. The van der Waals surface area contributed by atoms with Crippen LogP contribution in [0, 0.1) is 0 Å². The average molecular weight is 334 g/mol. The number of halogens is 6. The molecule has 1 heterocycles. The normalized spacial score (nSPS) is 13.8. The molecule has 122 valence electrons. The third kappa shape index (κ3) is 6.64. The lowest BCUT2D eigenvalue weighted by Gasteiger charge is -2.20. The lowest BCUT2D eigenvalue weighted by Crippen LogP contribution is -2.35. The monoisotopic (exact) mass is 334 g/mol. The van der Waals surface area contributed by atoms with E-state index in [1.165, 1.54) is 0 Å². The van der Waals surface area contributed by atoms with Gasteiger partial charge in [-0.25, -0.2) is 4.98 Å². The Morgan fingerprint density at radius 2 is 1.62 bits per heavy atom. The van der Waals surface area contributed by atoms with Crippen LogP contribution in [-0.4, -0.2) is 16.7 Å². The van der Waals surface area contributed by atoms with Crippen molar-refractivity contribution in [3.05, 3.63) is 15.6 Å². The van der Waals surface area contributed by atoms with Gasteiger partial charge in [0.15, 0.2) is 5.69 Å². The molecule has 1 rings (SSSR count). The van der Waals surface area contributed by atoms with E-state index in [1.54, 1.807) is 20.8 Å². The second kappa shape index (κ2) is 6.12. The van der Waals surface area contributed by atoms with Crippen molar-refractivity contribution >= 4 is 11.3 Å². The van der Waals surface area contributed by atoms with Crippen molar-refractivity contribution in [3.63, 3.8) is 0 Å². The number of aryl methyl sites for hydroxylation is 1. The van der Waals surface area contributed by atoms with Crippen molar-refractivity contribution in [1.29, 1.82) is 0 Å². The standard InChI is InChI=1S/C12H16F6N2S/c1-10(2,3)19-6-7-9(12(16,17)18)20-8(21-7)4-5-11(13,14)15/h19H,4-6H2,1-3H3. The van der Waals surface area contributed by atoms with Gasteiger partial charge >= 0.3 is 12.4 Å². The molecule has 0 saturated heterocycles. The number of aromatic nitrogens is 1. The molecule has 9 heteroatoms. The maximum Gasteiger partial charge on any atom is 0.434 e. The molecule has 0 bridgehead atoms. The second-order valence-corrected chi connectivity index (χ2v) is 6.76. The number of rotatable bonds is 4. The summed E-state index contributed by atoms with van der Waals surface area (Å²) in [5.41, 5.74) is -1.50. The van der Waals surface area contributed by atoms with Crippen LogP contribution in [-0.2, 0) is 19.1 Å². The third-order valence-corrected chi connectivity index (χ3v) is 3.53. The first-order chi connectivity index (χ1) is 9.28. The lowest BCUT2D eigenvalue weighted by molar-refractivity contribution is -0.141. The van der Waals surface area contributed by atoms with Crippen LogP contribution < -0.4 is 5.32 Å². The summed E-state index contributed by atoms with van der Waals surface area (Å²) >= 11 is 0.674. The summed E-state index contributed by atoms with van der Waals surface area (Å²) in [5, 5.41) is 2.74.